The number of pyridine rings is 1. The highest BCUT2D eigenvalue weighted by Crippen LogP contribution is 2.23. The zero-order valence-corrected chi connectivity index (χ0v) is 12.5. The summed E-state index contributed by atoms with van der Waals surface area (Å²) >= 11 is 0. The van der Waals surface area contributed by atoms with Crippen LogP contribution >= 0.6 is 0 Å². The van der Waals surface area contributed by atoms with Crippen molar-refractivity contribution in [1.29, 1.82) is 0 Å². The lowest BCUT2D eigenvalue weighted by Crippen LogP contribution is -2.16. The van der Waals surface area contributed by atoms with Crippen LogP contribution in [-0.4, -0.2) is 23.0 Å². The normalized spacial score (nSPS) is 14.2. The van der Waals surface area contributed by atoms with Gasteiger partial charge in [0.25, 0.3) is 10.0 Å². The lowest BCUT2D eigenvalue weighted by molar-refractivity contribution is 0.583. The SMILES string of the molecule is O=S(=O)(Nc1ccc2ncccc2c1)c1cnc2n1CCC2. The molecule has 0 bridgehead atoms. The smallest absolute Gasteiger partial charge is 0.279 e. The average Bonchev–Trinajstić information content (AvgIpc) is 3.09. The van der Waals surface area contributed by atoms with Crippen LogP contribution in [0.25, 0.3) is 10.9 Å². The van der Waals surface area contributed by atoms with Gasteiger partial charge < -0.3 is 4.57 Å². The molecule has 7 heteroatoms. The van der Waals surface area contributed by atoms with E-state index in [1.165, 1.54) is 6.20 Å². The molecular formula is C15H14N4O2S. The van der Waals surface area contributed by atoms with Crippen LogP contribution in [0.1, 0.15) is 12.2 Å². The second-order valence-electron chi connectivity index (χ2n) is 5.28. The number of nitrogens with one attached hydrogen (secondary N) is 1. The highest BCUT2D eigenvalue weighted by atomic mass is 32.2. The number of hydrogen-bond donors (Lipinski definition) is 1. The molecule has 22 heavy (non-hydrogen) atoms. The number of hydrogen-bond acceptors (Lipinski definition) is 4. The molecule has 0 unspecified atom stereocenters. The fourth-order valence-corrected chi connectivity index (χ4v) is 4.01. The predicted octanol–water partition coefficient (Wildman–Crippen LogP) is 2.18. The molecule has 0 radical (unpaired) electrons. The summed E-state index contributed by atoms with van der Waals surface area (Å²) in [6.07, 6.45) is 4.91. The van der Waals surface area contributed by atoms with Gasteiger partial charge in [0.15, 0.2) is 5.03 Å². The zero-order chi connectivity index (χ0) is 15.2. The zero-order valence-electron chi connectivity index (χ0n) is 11.7. The molecule has 1 N–H and O–H groups in total. The standard InChI is InChI=1S/C15H14N4O2S/c20-22(21,15-10-17-14-4-2-8-19(14)15)18-12-5-6-13-11(9-12)3-1-7-16-13/h1,3,5-7,9-10,18H,2,4,8H2. The Hall–Kier alpha value is -2.41. The van der Waals surface area contributed by atoms with Crippen molar-refractivity contribution in [3.8, 4) is 0 Å². The first-order valence-corrected chi connectivity index (χ1v) is 8.54. The van der Waals surface area contributed by atoms with Gasteiger partial charge in [-0.15, -0.1) is 0 Å². The van der Waals surface area contributed by atoms with Crippen LogP contribution in [0.15, 0.2) is 47.8 Å². The molecule has 0 aliphatic carbocycles. The minimum atomic E-state index is -3.63. The summed E-state index contributed by atoms with van der Waals surface area (Å²) in [5, 5.41) is 1.12. The third-order valence-corrected chi connectivity index (χ3v) is 5.20. The number of aromatic nitrogens is 3. The highest BCUT2D eigenvalue weighted by Gasteiger charge is 2.25. The Kier molecular flexibility index (Phi) is 2.90. The predicted molar refractivity (Wildman–Crippen MR) is 83.1 cm³/mol. The van der Waals surface area contributed by atoms with Crippen LogP contribution in [-0.2, 0) is 23.0 Å². The topological polar surface area (TPSA) is 76.9 Å². The largest absolute Gasteiger partial charge is 0.318 e. The van der Waals surface area contributed by atoms with Gasteiger partial charge in [-0.1, -0.05) is 6.07 Å². The molecule has 3 aromatic rings. The quantitative estimate of drug-likeness (QED) is 0.804. The molecule has 0 saturated heterocycles. The van der Waals surface area contributed by atoms with Crippen LogP contribution in [0, 0.1) is 0 Å². The number of rotatable bonds is 3. The van der Waals surface area contributed by atoms with E-state index in [4.69, 9.17) is 0 Å². The molecule has 3 heterocycles. The van der Waals surface area contributed by atoms with Crippen LogP contribution in [0.4, 0.5) is 5.69 Å². The van der Waals surface area contributed by atoms with Gasteiger partial charge in [0.1, 0.15) is 5.82 Å². The van der Waals surface area contributed by atoms with E-state index in [9.17, 15) is 8.42 Å². The van der Waals surface area contributed by atoms with E-state index in [2.05, 4.69) is 14.7 Å². The molecule has 6 nitrogen and oxygen atoms in total. The minimum absolute atomic E-state index is 0.228. The number of benzene rings is 1. The summed E-state index contributed by atoms with van der Waals surface area (Å²) in [4.78, 5) is 8.41. The van der Waals surface area contributed by atoms with Gasteiger partial charge in [-0.25, -0.2) is 4.98 Å². The number of aryl methyl sites for hydroxylation is 1. The molecule has 1 aliphatic rings. The van der Waals surface area contributed by atoms with Crippen molar-refractivity contribution >= 4 is 26.6 Å². The molecule has 0 amide bonds. The number of fused-ring (bicyclic) bond motifs is 2. The van der Waals surface area contributed by atoms with Crippen LogP contribution in [0.5, 0.6) is 0 Å². The average molecular weight is 314 g/mol. The molecule has 1 aromatic carbocycles. The Balaban J connectivity index is 1.71. The first-order valence-electron chi connectivity index (χ1n) is 7.05. The summed E-state index contributed by atoms with van der Waals surface area (Å²) in [7, 11) is -3.63. The van der Waals surface area contributed by atoms with Gasteiger partial charge in [0, 0.05) is 30.2 Å². The van der Waals surface area contributed by atoms with E-state index in [1.807, 2.05) is 12.1 Å². The first kappa shape index (κ1) is 13.3. The van der Waals surface area contributed by atoms with E-state index in [-0.39, 0.29) is 5.03 Å². The molecule has 0 spiro atoms. The monoisotopic (exact) mass is 314 g/mol. The van der Waals surface area contributed by atoms with E-state index < -0.39 is 10.0 Å². The number of anilines is 1. The number of nitrogens with zero attached hydrogens (tertiary/aromatic N) is 3. The van der Waals surface area contributed by atoms with Crippen molar-refractivity contribution in [2.45, 2.75) is 24.4 Å². The lowest BCUT2D eigenvalue weighted by atomic mass is 10.2. The summed E-state index contributed by atoms with van der Waals surface area (Å²) in [5.74, 6) is 0.836. The van der Waals surface area contributed by atoms with Crippen molar-refractivity contribution in [3.05, 3.63) is 48.5 Å². The van der Waals surface area contributed by atoms with Gasteiger partial charge in [-0.3, -0.25) is 9.71 Å². The van der Waals surface area contributed by atoms with Gasteiger partial charge >= 0.3 is 0 Å². The van der Waals surface area contributed by atoms with E-state index in [0.717, 1.165) is 29.6 Å². The van der Waals surface area contributed by atoms with Crippen LogP contribution < -0.4 is 4.72 Å². The van der Waals surface area contributed by atoms with Gasteiger partial charge in [-0.2, -0.15) is 8.42 Å². The fourth-order valence-electron chi connectivity index (χ4n) is 2.79. The molecule has 2 aromatic heterocycles. The third-order valence-electron chi connectivity index (χ3n) is 3.81. The third kappa shape index (κ3) is 2.14. The summed E-state index contributed by atoms with van der Waals surface area (Å²) in [5.41, 5.74) is 1.35. The number of sulfonamides is 1. The van der Waals surface area contributed by atoms with Gasteiger partial charge in [0.05, 0.1) is 11.7 Å². The Bertz CT molecular complexity index is 963. The molecular weight excluding hydrogens is 300 g/mol. The Morgan fingerprint density at radius 1 is 1.18 bits per heavy atom. The van der Waals surface area contributed by atoms with Crippen molar-refractivity contribution in [2.75, 3.05) is 4.72 Å². The van der Waals surface area contributed by atoms with Crippen molar-refractivity contribution in [3.63, 3.8) is 0 Å². The van der Waals surface area contributed by atoms with Crippen molar-refractivity contribution in [2.24, 2.45) is 0 Å². The van der Waals surface area contributed by atoms with Gasteiger partial charge in [0.2, 0.25) is 0 Å². The molecule has 0 saturated carbocycles. The summed E-state index contributed by atoms with van der Waals surface area (Å²) in [6.45, 7) is 0.702. The Morgan fingerprint density at radius 2 is 2.09 bits per heavy atom. The minimum Gasteiger partial charge on any atom is -0.318 e. The molecule has 4 rings (SSSR count). The maximum absolute atomic E-state index is 12.6. The molecule has 0 atom stereocenters. The molecule has 112 valence electrons. The lowest BCUT2D eigenvalue weighted by Gasteiger charge is -2.10. The molecule has 1 aliphatic heterocycles. The maximum atomic E-state index is 12.6. The molecule has 0 fully saturated rings. The second-order valence-corrected chi connectivity index (χ2v) is 6.91. The second kappa shape index (κ2) is 4.81. The van der Waals surface area contributed by atoms with E-state index in [0.29, 0.717) is 12.2 Å². The summed E-state index contributed by atoms with van der Waals surface area (Å²) in [6, 6.07) is 9.02. The first-order chi connectivity index (χ1) is 10.6. The number of imidazole rings is 1. The van der Waals surface area contributed by atoms with Gasteiger partial charge in [-0.05, 0) is 30.7 Å². The Labute approximate surface area is 127 Å². The maximum Gasteiger partial charge on any atom is 0.279 e. The highest BCUT2D eigenvalue weighted by molar-refractivity contribution is 7.92. The summed E-state index contributed by atoms with van der Waals surface area (Å²) < 4.78 is 29.5. The van der Waals surface area contributed by atoms with E-state index >= 15 is 0 Å². The van der Waals surface area contributed by atoms with E-state index in [1.54, 1.807) is 29.0 Å². The Morgan fingerprint density at radius 3 is 3.00 bits per heavy atom. The van der Waals surface area contributed by atoms with Crippen LogP contribution in [0.3, 0.4) is 0 Å². The van der Waals surface area contributed by atoms with Crippen molar-refractivity contribution < 1.29 is 8.42 Å². The fraction of sp³-hybridized carbons (Fsp3) is 0.200. The van der Waals surface area contributed by atoms with Crippen LogP contribution in [0.2, 0.25) is 0 Å². The van der Waals surface area contributed by atoms with Crippen molar-refractivity contribution in [1.82, 2.24) is 14.5 Å².